The highest BCUT2D eigenvalue weighted by molar-refractivity contribution is 6.64. The summed E-state index contributed by atoms with van der Waals surface area (Å²) >= 11 is 0. The van der Waals surface area contributed by atoms with Crippen LogP contribution in [0.2, 0.25) is 0 Å². The van der Waals surface area contributed by atoms with Crippen LogP contribution in [-0.4, -0.2) is 11.6 Å². The van der Waals surface area contributed by atoms with Gasteiger partial charge in [0.1, 0.15) is 0 Å². The van der Waals surface area contributed by atoms with Gasteiger partial charge in [-0.3, -0.25) is 9.59 Å². The summed E-state index contributed by atoms with van der Waals surface area (Å²) in [5, 5.41) is 2.18. The topological polar surface area (TPSA) is 34.1 Å². The molecule has 0 aromatic heterocycles. The van der Waals surface area contributed by atoms with Crippen LogP contribution in [0.5, 0.6) is 0 Å². The molecule has 0 heterocycles. The summed E-state index contributed by atoms with van der Waals surface area (Å²) in [6.45, 7) is 0. The van der Waals surface area contributed by atoms with Crippen molar-refractivity contribution in [3.63, 3.8) is 0 Å². The number of fused-ring (bicyclic) bond motifs is 2. The molecule has 0 fully saturated rings. The molecule has 1 aliphatic carbocycles. The fraction of sp³-hybridized carbons (Fsp3) is 0. The molecule has 2 nitrogen and oxygen atoms in total. The number of carbonyl (C=O) groups is 2. The largest absolute Gasteiger partial charge is 0.285 e. The Hall–Kier alpha value is -3.00. The predicted molar refractivity (Wildman–Crippen MR) is 87.6 cm³/mol. The highest BCUT2D eigenvalue weighted by Gasteiger charge is 2.32. The normalized spacial score (nSPS) is 15.5. The number of hydrogen-bond acceptors (Lipinski definition) is 2. The first-order valence-corrected chi connectivity index (χ1v) is 7.13. The summed E-state index contributed by atoms with van der Waals surface area (Å²) in [5.41, 5.74) is 2.66. The SMILES string of the molecule is O=C1C(=O)c2ccccc2/C1=C\c1cccc2ccccc12. The Balaban J connectivity index is 1.96. The Morgan fingerprint density at radius 2 is 1.32 bits per heavy atom. The summed E-state index contributed by atoms with van der Waals surface area (Å²) in [7, 11) is 0. The first-order chi connectivity index (χ1) is 10.8. The summed E-state index contributed by atoms with van der Waals surface area (Å²) in [6, 6.07) is 21.1. The maximum absolute atomic E-state index is 12.3. The maximum Gasteiger partial charge on any atom is 0.234 e. The van der Waals surface area contributed by atoms with Crippen LogP contribution in [0.15, 0.2) is 66.7 Å². The molecule has 0 bridgehead atoms. The molecule has 0 saturated carbocycles. The molecule has 2 heteroatoms. The smallest absolute Gasteiger partial charge is 0.234 e. The minimum atomic E-state index is -0.422. The number of hydrogen-bond donors (Lipinski definition) is 0. The van der Waals surface area contributed by atoms with Gasteiger partial charge in [-0.25, -0.2) is 0 Å². The van der Waals surface area contributed by atoms with E-state index in [1.807, 2.05) is 60.7 Å². The summed E-state index contributed by atoms with van der Waals surface area (Å²) < 4.78 is 0. The average Bonchev–Trinajstić information content (AvgIpc) is 2.81. The van der Waals surface area contributed by atoms with Crippen LogP contribution in [0.4, 0.5) is 0 Å². The Morgan fingerprint density at radius 3 is 2.18 bits per heavy atom. The van der Waals surface area contributed by atoms with Gasteiger partial charge in [-0.2, -0.15) is 0 Å². The van der Waals surface area contributed by atoms with Gasteiger partial charge in [0.05, 0.1) is 0 Å². The lowest BCUT2D eigenvalue weighted by molar-refractivity contribution is -0.109. The quantitative estimate of drug-likeness (QED) is 0.497. The Morgan fingerprint density at radius 1 is 0.636 bits per heavy atom. The lowest BCUT2D eigenvalue weighted by atomic mass is 10.00. The third kappa shape index (κ3) is 1.81. The van der Waals surface area contributed by atoms with Crippen LogP contribution >= 0.6 is 0 Å². The van der Waals surface area contributed by atoms with Crippen LogP contribution in [0.3, 0.4) is 0 Å². The van der Waals surface area contributed by atoms with Gasteiger partial charge in [0.15, 0.2) is 0 Å². The first-order valence-electron chi connectivity index (χ1n) is 7.13. The number of ketones is 2. The van der Waals surface area contributed by atoms with Crippen LogP contribution in [0, 0.1) is 0 Å². The lowest BCUT2D eigenvalue weighted by Gasteiger charge is -2.04. The predicted octanol–water partition coefficient (Wildman–Crippen LogP) is 4.15. The van der Waals surface area contributed by atoms with Crippen molar-refractivity contribution in [3.05, 3.63) is 83.4 Å². The van der Waals surface area contributed by atoms with E-state index >= 15 is 0 Å². The van der Waals surface area contributed by atoms with Crippen molar-refractivity contribution in [1.82, 2.24) is 0 Å². The first kappa shape index (κ1) is 12.7. The Kier molecular flexibility index (Phi) is 2.76. The van der Waals surface area contributed by atoms with E-state index in [-0.39, 0.29) is 0 Å². The molecule has 22 heavy (non-hydrogen) atoms. The van der Waals surface area contributed by atoms with Gasteiger partial charge in [-0.1, -0.05) is 66.7 Å². The highest BCUT2D eigenvalue weighted by atomic mass is 16.2. The fourth-order valence-electron chi connectivity index (χ4n) is 2.96. The van der Waals surface area contributed by atoms with Crippen molar-refractivity contribution in [2.45, 2.75) is 0 Å². The molecule has 3 aromatic carbocycles. The fourth-order valence-corrected chi connectivity index (χ4v) is 2.96. The van der Waals surface area contributed by atoms with Crippen molar-refractivity contribution < 1.29 is 9.59 Å². The van der Waals surface area contributed by atoms with Crippen molar-refractivity contribution in [2.75, 3.05) is 0 Å². The molecule has 0 spiro atoms. The zero-order valence-corrected chi connectivity index (χ0v) is 11.7. The monoisotopic (exact) mass is 284 g/mol. The van der Waals surface area contributed by atoms with E-state index in [9.17, 15) is 9.59 Å². The van der Waals surface area contributed by atoms with Crippen molar-refractivity contribution in [1.29, 1.82) is 0 Å². The third-order valence-corrected chi connectivity index (χ3v) is 4.04. The van der Waals surface area contributed by atoms with Crippen molar-refractivity contribution in [3.8, 4) is 0 Å². The van der Waals surface area contributed by atoms with E-state index in [0.29, 0.717) is 11.1 Å². The second kappa shape index (κ2) is 4.78. The molecule has 3 aromatic rings. The highest BCUT2D eigenvalue weighted by Crippen LogP contribution is 2.32. The molecule has 0 aliphatic heterocycles. The van der Waals surface area contributed by atoms with Gasteiger partial charge in [0.2, 0.25) is 11.6 Å². The second-order valence-corrected chi connectivity index (χ2v) is 5.33. The summed E-state index contributed by atoms with van der Waals surface area (Å²) in [5.74, 6) is -0.837. The number of Topliss-reactive ketones (excluding diaryl/α,β-unsaturated/α-hetero) is 2. The van der Waals surface area contributed by atoms with E-state index < -0.39 is 11.6 Å². The molecule has 0 unspecified atom stereocenters. The average molecular weight is 284 g/mol. The van der Waals surface area contributed by atoms with Crippen LogP contribution in [0.25, 0.3) is 22.4 Å². The minimum Gasteiger partial charge on any atom is -0.285 e. The molecule has 0 amide bonds. The molecule has 4 rings (SSSR count). The van der Waals surface area contributed by atoms with Gasteiger partial charge < -0.3 is 0 Å². The number of carbonyl (C=O) groups excluding carboxylic acids is 2. The molecule has 0 N–H and O–H groups in total. The Labute approximate surface area is 127 Å². The molecule has 1 aliphatic rings. The summed E-state index contributed by atoms with van der Waals surface area (Å²) in [4.78, 5) is 24.4. The number of benzene rings is 3. The lowest BCUT2D eigenvalue weighted by Crippen LogP contribution is -2.05. The third-order valence-electron chi connectivity index (χ3n) is 4.04. The maximum atomic E-state index is 12.3. The van der Waals surface area contributed by atoms with Gasteiger partial charge in [-0.05, 0) is 28.0 Å². The molecule has 0 atom stereocenters. The van der Waals surface area contributed by atoms with E-state index in [0.717, 1.165) is 21.9 Å². The number of rotatable bonds is 1. The van der Waals surface area contributed by atoms with Gasteiger partial charge in [0.25, 0.3) is 0 Å². The molecular weight excluding hydrogens is 272 g/mol. The van der Waals surface area contributed by atoms with E-state index in [4.69, 9.17) is 0 Å². The number of allylic oxidation sites excluding steroid dienone is 1. The minimum absolute atomic E-state index is 0.415. The van der Waals surface area contributed by atoms with Gasteiger partial charge in [-0.15, -0.1) is 0 Å². The second-order valence-electron chi connectivity index (χ2n) is 5.33. The van der Waals surface area contributed by atoms with Crippen molar-refractivity contribution >= 4 is 34.0 Å². The van der Waals surface area contributed by atoms with Crippen molar-refractivity contribution in [2.24, 2.45) is 0 Å². The molecule has 0 radical (unpaired) electrons. The molecule has 0 saturated heterocycles. The zero-order valence-electron chi connectivity index (χ0n) is 11.7. The Bertz CT molecular complexity index is 959. The van der Waals surface area contributed by atoms with Crippen LogP contribution < -0.4 is 0 Å². The van der Waals surface area contributed by atoms with Crippen LogP contribution in [0.1, 0.15) is 21.5 Å². The van der Waals surface area contributed by atoms with Gasteiger partial charge >= 0.3 is 0 Å². The van der Waals surface area contributed by atoms with E-state index in [1.54, 1.807) is 12.1 Å². The molecular formula is C20H12O2. The van der Waals surface area contributed by atoms with Crippen LogP contribution in [-0.2, 0) is 4.79 Å². The van der Waals surface area contributed by atoms with Gasteiger partial charge in [0, 0.05) is 11.1 Å². The zero-order chi connectivity index (χ0) is 15.1. The summed E-state index contributed by atoms with van der Waals surface area (Å²) in [6.07, 6.45) is 1.83. The van der Waals surface area contributed by atoms with E-state index in [1.165, 1.54) is 0 Å². The standard InChI is InChI=1S/C20H12O2/c21-19-17-11-4-3-10-16(17)18(20(19)22)12-14-8-5-7-13-6-1-2-9-15(13)14/h1-12H/b18-12+. The molecule has 104 valence electrons. The van der Waals surface area contributed by atoms with E-state index in [2.05, 4.69) is 0 Å².